The fraction of sp³-hybridized carbons (Fsp3) is 0.100. The van der Waals surface area contributed by atoms with E-state index in [9.17, 15) is 4.79 Å². The minimum atomic E-state index is -0.437. The molecule has 0 saturated carbocycles. The molecule has 1 aliphatic rings. The van der Waals surface area contributed by atoms with E-state index in [1.807, 2.05) is 16.8 Å². The molecule has 0 bridgehead atoms. The molecule has 2 N–H and O–H groups in total. The standard InChI is InChI=1S/C10H8N4O/c11-9(15)6-1-2-8-7(5-6)13-10-12-3-4-14(8)10/h1-3,5H,4H2,(H2,11,15). The maximum Gasteiger partial charge on any atom is 0.248 e. The number of carbonyl (C=O) groups is 1. The van der Waals surface area contributed by atoms with Crippen molar-refractivity contribution < 1.29 is 4.79 Å². The fourth-order valence-electron chi connectivity index (χ4n) is 1.75. The van der Waals surface area contributed by atoms with Crippen LogP contribution in [0.25, 0.3) is 11.0 Å². The van der Waals surface area contributed by atoms with Crippen LogP contribution in [0.5, 0.6) is 0 Å². The molecule has 0 aliphatic carbocycles. The summed E-state index contributed by atoms with van der Waals surface area (Å²) in [6.07, 6.45) is 1.81. The number of nitrogens with two attached hydrogens (primary N) is 1. The van der Waals surface area contributed by atoms with E-state index in [2.05, 4.69) is 9.98 Å². The Labute approximate surface area is 85.2 Å². The zero-order valence-corrected chi connectivity index (χ0v) is 7.84. The van der Waals surface area contributed by atoms with Crippen LogP contribution in [0.4, 0.5) is 5.95 Å². The summed E-state index contributed by atoms with van der Waals surface area (Å²) in [7, 11) is 0. The highest BCUT2D eigenvalue weighted by atomic mass is 16.1. The molecule has 5 nitrogen and oxygen atoms in total. The van der Waals surface area contributed by atoms with Crippen LogP contribution in [0.2, 0.25) is 0 Å². The average molecular weight is 200 g/mol. The Morgan fingerprint density at radius 2 is 2.33 bits per heavy atom. The maximum atomic E-state index is 11.0. The van der Waals surface area contributed by atoms with Gasteiger partial charge in [-0.2, -0.15) is 0 Å². The number of nitrogens with zero attached hydrogens (tertiary/aromatic N) is 3. The van der Waals surface area contributed by atoms with Gasteiger partial charge in [0.05, 0.1) is 17.6 Å². The Kier molecular flexibility index (Phi) is 1.45. The van der Waals surface area contributed by atoms with Crippen LogP contribution in [0, 0.1) is 0 Å². The first-order chi connectivity index (χ1) is 7.25. The predicted molar refractivity (Wildman–Crippen MR) is 56.4 cm³/mol. The number of amides is 1. The van der Waals surface area contributed by atoms with Gasteiger partial charge in [-0.3, -0.25) is 4.79 Å². The lowest BCUT2D eigenvalue weighted by Gasteiger charge is -1.97. The SMILES string of the molecule is NC(=O)c1ccc2c(c1)nc1n2CC=N1. The van der Waals surface area contributed by atoms with Gasteiger partial charge in [-0.25, -0.2) is 9.98 Å². The number of imidazole rings is 1. The summed E-state index contributed by atoms with van der Waals surface area (Å²) in [5.74, 6) is 0.250. The molecule has 1 aliphatic heterocycles. The lowest BCUT2D eigenvalue weighted by molar-refractivity contribution is 0.100. The Morgan fingerprint density at radius 1 is 1.47 bits per heavy atom. The number of fused-ring (bicyclic) bond motifs is 3. The minimum absolute atomic E-state index is 0.437. The second-order valence-corrected chi connectivity index (χ2v) is 3.40. The molecular weight excluding hydrogens is 192 g/mol. The fourth-order valence-corrected chi connectivity index (χ4v) is 1.75. The molecule has 2 heterocycles. The molecule has 1 amide bonds. The molecule has 5 heteroatoms. The Bertz CT molecular complexity index is 597. The Hall–Kier alpha value is -2.17. The van der Waals surface area contributed by atoms with Gasteiger partial charge < -0.3 is 10.3 Å². The third-order valence-corrected chi connectivity index (χ3v) is 2.48. The second kappa shape index (κ2) is 2.66. The first kappa shape index (κ1) is 8.16. The van der Waals surface area contributed by atoms with E-state index in [0.29, 0.717) is 11.5 Å². The van der Waals surface area contributed by atoms with Gasteiger partial charge in [0, 0.05) is 11.8 Å². The van der Waals surface area contributed by atoms with Crippen LogP contribution in [0.3, 0.4) is 0 Å². The molecule has 1 aromatic carbocycles. The van der Waals surface area contributed by atoms with Crippen molar-refractivity contribution in [2.24, 2.45) is 10.7 Å². The molecule has 0 radical (unpaired) electrons. The van der Waals surface area contributed by atoms with Crippen molar-refractivity contribution in [1.29, 1.82) is 0 Å². The molecule has 0 fully saturated rings. The molecule has 15 heavy (non-hydrogen) atoms. The van der Waals surface area contributed by atoms with Crippen molar-refractivity contribution in [1.82, 2.24) is 9.55 Å². The summed E-state index contributed by atoms with van der Waals surface area (Å²) in [4.78, 5) is 19.4. The molecule has 3 rings (SSSR count). The van der Waals surface area contributed by atoms with Crippen LogP contribution < -0.4 is 5.73 Å². The minimum Gasteiger partial charge on any atom is -0.366 e. The van der Waals surface area contributed by atoms with E-state index in [-0.39, 0.29) is 0 Å². The quantitative estimate of drug-likeness (QED) is 0.741. The highest BCUT2D eigenvalue weighted by Crippen LogP contribution is 2.24. The second-order valence-electron chi connectivity index (χ2n) is 3.40. The number of aliphatic imine (C=N–C) groups is 1. The Balaban J connectivity index is 2.29. The van der Waals surface area contributed by atoms with Crippen molar-refractivity contribution in [3.05, 3.63) is 23.8 Å². The van der Waals surface area contributed by atoms with Gasteiger partial charge >= 0.3 is 0 Å². The molecule has 0 saturated heterocycles. The Morgan fingerprint density at radius 3 is 3.13 bits per heavy atom. The van der Waals surface area contributed by atoms with Gasteiger partial charge in [-0.05, 0) is 18.2 Å². The highest BCUT2D eigenvalue weighted by Gasteiger charge is 2.13. The lowest BCUT2D eigenvalue weighted by Crippen LogP contribution is -2.10. The molecule has 0 unspecified atom stereocenters. The normalized spacial score (nSPS) is 13.3. The number of carbonyl (C=O) groups excluding carboxylic acids is 1. The maximum absolute atomic E-state index is 11.0. The topological polar surface area (TPSA) is 73.3 Å². The van der Waals surface area contributed by atoms with Crippen LogP contribution >= 0.6 is 0 Å². The molecule has 0 atom stereocenters. The summed E-state index contributed by atoms with van der Waals surface area (Å²) < 4.78 is 1.99. The lowest BCUT2D eigenvalue weighted by atomic mass is 10.2. The van der Waals surface area contributed by atoms with Crippen LogP contribution in [0.1, 0.15) is 10.4 Å². The summed E-state index contributed by atoms with van der Waals surface area (Å²) >= 11 is 0. The van der Waals surface area contributed by atoms with E-state index in [1.54, 1.807) is 12.1 Å². The number of hydrogen-bond donors (Lipinski definition) is 1. The molecule has 1 aromatic heterocycles. The monoisotopic (exact) mass is 200 g/mol. The third-order valence-electron chi connectivity index (χ3n) is 2.48. The van der Waals surface area contributed by atoms with E-state index in [0.717, 1.165) is 17.6 Å². The number of rotatable bonds is 1. The van der Waals surface area contributed by atoms with Gasteiger partial charge in [-0.1, -0.05) is 0 Å². The zero-order chi connectivity index (χ0) is 10.4. The summed E-state index contributed by atoms with van der Waals surface area (Å²) in [5, 5.41) is 0. The van der Waals surface area contributed by atoms with Gasteiger partial charge in [0.25, 0.3) is 0 Å². The van der Waals surface area contributed by atoms with E-state index in [4.69, 9.17) is 5.73 Å². The molecule has 0 spiro atoms. The van der Waals surface area contributed by atoms with Crippen LogP contribution in [-0.4, -0.2) is 21.7 Å². The van der Waals surface area contributed by atoms with E-state index >= 15 is 0 Å². The van der Waals surface area contributed by atoms with Crippen molar-refractivity contribution >= 4 is 29.1 Å². The highest BCUT2D eigenvalue weighted by molar-refractivity contribution is 5.97. The average Bonchev–Trinajstić information content (AvgIpc) is 2.75. The van der Waals surface area contributed by atoms with Gasteiger partial charge in [0.2, 0.25) is 11.9 Å². The van der Waals surface area contributed by atoms with Crippen molar-refractivity contribution in [3.8, 4) is 0 Å². The zero-order valence-electron chi connectivity index (χ0n) is 7.84. The summed E-state index contributed by atoms with van der Waals surface area (Å²) in [6, 6.07) is 5.25. The molecule has 74 valence electrons. The summed E-state index contributed by atoms with van der Waals surface area (Å²) in [6.45, 7) is 0.738. The van der Waals surface area contributed by atoms with Gasteiger partial charge in [-0.15, -0.1) is 0 Å². The van der Waals surface area contributed by atoms with Crippen LogP contribution in [-0.2, 0) is 6.54 Å². The summed E-state index contributed by atoms with van der Waals surface area (Å²) in [5.41, 5.74) is 7.41. The van der Waals surface area contributed by atoms with Crippen molar-refractivity contribution in [2.45, 2.75) is 6.54 Å². The predicted octanol–water partition coefficient (Wildman–Crippen LogP) is 0.851. The number of benzene rings is 1. The van der Waals surface area contributed by atoms with Crippen LogP contribution in [0.15, 0.2) is 23.2 Å². The van der Waals surface area contributed by atoms with E-state index in [1.165, 1.54) is 0 Å². The number of hydrogen-bond acceptors (Lipinski definition) is 3. The van der Waals surface area contributed by atoms with Crippen molar-refractivity contribution in [3.63, 3.8) is 0 Å². The first-order valence-corrected chi connectivity index (χ1v) is 4.58. The molecular formula is C10H8N4O. The number of aromatic nitrogens is 2. The number of primary amides is 1. The first-order valence-electron chi connectivity index (χ1n) is 4.58. The third kappa shape index (κ3) is 1.06. The van der Waals surface area contributed by atoms with Gasteiger partial charge in [0.15, 0.2) is 0 Å². The van der Waals surface area contributed by atoms with Gasteiger partial charge in [0.1, 0.15) is 0 Å². The smallest absolute Gasteiger partial charge is 0.248 e. The van der Waals surface area contributed by atoms with Crippen molar-refractivity contribution in [2.75, 3.05) is 0 Å². The molecule has 2 aromatic rings. The largest absolute Gasteiger partial charge is 0.366 e. The van der Waals surface area contributed by atoms with E-state index < -0.39 is 5.91 Å².